The summed E-state index contributed by atoms with van der Waals surface area (Å²) in [5, 5.41) is 9.28. The molecule has 2 aromatic heterocycles. The van der Waals surface area contributed by atoms with Gasteiger partial charge in [0, 0.05) is 12.1 Å². The van der Waals surface area contributed by atoms with Crippen LogP contribution in [0.25, 0.3) is 11.2 Å². The van der Waals surface area contributed by atoms with Crippen molar-refractivity contribution in [2.24, 2.45) is 0 Å². The van der Waals surface area contributed by atoms with Gasteiger partial charge >= 0.3 is 0 Å². The Balaban J connectivity index is 2.17. The lowest BCUT2D eigenvalue weighted by atomic mass is 10.1. The van der Waals surface area contributed by atoms with Gasteiger partial charge in [-0.25, -0.2) is 9.97 Å². The number of rotatable bonds is 3. The molecule has 0 fully saturated rings. The van der Waals surface area contributed by atoms with Gasteiger partial charge in [-0.3, -0.25) is 0 Å². The molecule has 0 atom stereocenters. The largest absolute Gasteiger partial charge is 0.308 e. The predicted molar refractivity (Wildman–Crippen MR) is 86.6 cm³/mol. The SMILES string of the molecule is Cc1cnc2c(c1)nc(C(C)C)n2Cc1ccccc1C#N. The summed E-state index contributed by atoms with van der Waals surface area (Å²) in [7, 11) is 0. The first-order chi connectivity index (χ1) is 10.6. The maximum atomic E-state index is 9.28. The Morgan fingerprint density at radius 3 is 2.77 bits per heavy atom. The van der Waals surface area contributed by atoms with Gasteiger partial charge in [-0.05, 0) is 30.2 Å². The molecule has 0 bridgehead atoms. The van der Waals surface area contributed by atoms with Crippen molar-refractivity contribution in [2.75, 3.05) is 0 Å². The molecule has 0 aliphatic rings. The van der Waals surface area contributed by atoms with Crippen molar-refractivity contribution in [3.05, 3.63) is 59.0 Å². The van der Waals surface area contributed by atoms with Gasteiger partial charge in [0.1, 0.15) is 11.3 Å². The second-order valence-electron chi connectivity index (χ2n) is 5.84. The Labute approximate surface area is 130 Å². The summed E-state index contributed by atoms with van der Waals surface area (Å²) >= 11 is 0. The molecule has 0 aliphatic carbocycles. The fourth-order valence-electron chi connectivity index (χ4n) is 2.66. The zero-order valence-corrected chi connectivity index (χ0v) is 13.0. The van der Waals surface area contributed by atoms with Crippen molar-refractivity contribution >= 4 is 11.2 Å². The standard InChI is InChI=1S/C18H18N4/c1-12(2)17-21-16-8-13(3)10-20-18(16)22(17)11-15-7-5-4-6-14(15)9-19/h4-8,10,12H,11H2,1-3H3. The second kappa shape index (κ2) is 5.61. The molecule has 0 unspecified atom stereocenters. The van der Waals surface area contributed by atoms with E-state index in [-0.39, 0.29) is 0 Å². The smallest absolute Gasteiger partial charge is 0.160 e. The summed E-state index contributed by atoms with van der Waals surface area (Å²) in [6.07, 6.45) is 1.86. The lowest BCUT2D eigenvalue weighted by molar-refractivity contribution is 0.679. The van der Waals surface area contributed by atoms with Gasteiger partial charge in [0.2, 0.25) is 0 Å². The molecule has 0 spiro atoms. The molecule has 4 heteroatoms. The molecule has 0 amide bonds. The number of hydrogen-bond acceptors (Lipinski definition) is 3. The molecule has 0 aliphatic heterocycles. The topological polar surface area (TPSA) is 54.5 Å². The fourth-order valence-corrected chi connectivity index (χ4v) is 2.66. The van der Waals surface area contributed by atoms with Gasteiger partial charge in [0.25, 0.3) is 0 Å². The molecule has 0 saturated heterocycles. The number of aryl methyl sites for hydroxylation is 1. The Hall–Kier alpha value is -2.67. The van der Waals surface area contributed by atoms with E-state index in [4.69, 9.17) is 4.98 Å². The van der Waals surface area contributed by atoms with Crippen LogP contribution in [-0.2, 0) is 6.54 Å². The predicted octanol–water partition coefficient (Wildman–Crippen LogP) is 3.78. The van der Waals surface area contributed by atoms with Gasteiger partial charge in [0.15, 0.2) is 5.65 Å². The lowest BCUT2D eigenvalue weighted by Crippen LogP contribution is -2.08. The normalized spacial score (nSPS) is 11.0. The minimum atomic E-state index is 0.295. The van der Waals surface area contributed by atoms with E-state index in [0.29, 0.717) is 18.0 Å². The van der Waals surface area contributed by atoms with Crippen LogP contribution in [0.4, 0.5) is 0 Å². The number of nitrogens with zero attached hydrogens (tertiary/aromatic N) is 4. The van der Waals surface area contributed by atoms with Crippen LogP contribution >= 0.6 is 0 Å². The summed E-state index contributed by atoms with van der Waals surface area (Å²) in [5.74, 6) is 1.30. The monoisotopic (exact) mass is 290 g/mol. The summed E-state index contributed by atoms with van der Waals surface area (Å²) in [6.45, 7) is 6.89. The third-order valence-corrected chi connectivity index (χ3v) is 3.73. The fraction of sp³-hybridized carbons (Fsp3) is 0.278. The van der Waals surface area contributed by atoms with Gasteiger partial charge in [-0.2, -0.15) is 5.26 Å². The molecule has 3 aromatic rings. The van der Waals surface area contributed by atoms with E-state index >= 15 is 0 Å². The van der Waals surface area contributed by atoms with E-state index in [1.165, 1.54) is 0 Å². The van der Waals surface area contributed by atoms with Crippen LogP contribution in [-0.4, -0.2) is 14.5 Å². The minimum absolute atomic E-state index is 0.295. The Kier molecular flexibility index (Phi) is 3.64. The first kappa shape index (κ1) is 14.3. The molecule has 22 heavy (non-hydrogen) atoms. The quantitative estimate of drug-likeness (QED) is 0.737. The molecular weight excluding hydrogens is 272 g/mol. The van der Waals surface area contributed by atoms with Crippen LogP contribution in [0.1, 0.15) is 42.3 Å². The third-order valence-electron chi connectivity index (χ3n) is 3.73. The van der Waals surface area contributed by atoms with Crippen LogP contribution in [0.5, 0.6) is 0 Å². The van der Waals surface area contributed by atoms with Crippen molar-refractivity contribution in [2.45, 2.75) is 33.2 Å². The number of fused-ring (bicyclic) bond motifs is 1. The molecular formula is C18H18N4. The number of pyridine rings is 1. The van der Waals surface area contributed by atoms with E-state index in [2.05, 4.69) is 35.5 Å². The first-order valence-electron chi connectivity index (χ1n) is 7.41. The molecule has 110 valence electrons. The summed E-state index contributed by atoms with van der Waals surface area (Å²) in [5.41, 5.74) is 4.59. The van der Waals surface area contributed by atoms with Crippen molar-refractivity contribution < 1.29 is 0 Å². The first-order valence-corrected chi connectivity index (χ1v) is 7.41. The van der Waals surface area contributed by atoms with E-state index in [9.17, 15) is 5.26 Å². The Morgan fingerprint density at radius 1 is 1.27 bits per heavy atom. The highest BCUT2D eigenvalue weighted by Crippen LogP contribution is 2.23. The third kappa shape index (κ3) is 2.46. The summed E-state index contributed by atoms with van der Waals surface area (Å²) in [6, 6.07) is 12.0. The van der Waals surface area contributed by atoms with Gasteiger partial charge in [0.05, 0.1) is 18.2 Å². The number of benzene rings is 1. The van der Waals surface area contributed by atoms with Gasteiger partial charge < -0.3 is 4.57 Å². The molecule has 2 heterocycles. The number of aromatic nitrogens is 3. The lowest BCUT2D eigenvalue weighted by Gasteiger charge is -2.12. The molecule has 0 saturated carbocycles. The van der Waals surface area contributed by atoms with E-state index in [1.54, 1.807) is 0 Å². The zero-order valence-electron chi connectivity index (χ0n) is 13.0. The minimum Gasteiger partial charge on any atom is -0.308 e. The average molecular weight is 290 g/mol. The molecule has 0 radical (unpaired) electrons. The van der Waals surface area contributed by atoms with Crippen LogP contribution in [0.15, 0.2) is 36.5 Å². The molecule has 3 rings (SSSR count). The van der Waals surface area contributed by atoms with E-state index in [1.807, 2.05) is 37.4 Å². The number of hydrogen-bond donors (Lipinski definition) is 0. The van der Waals surface area contributed by atoms with Gasteiger partial charge in [-0.15, -0.1) is 0 Å². The second-order valence-corrected chi connectivity index (χ2v) is 5.84. The summed E-state index contributed by atoms with van der Waals surface area (Å²) in [4.78, 5) is 9.30. The highest BCUT2D eigenvalue weighted by molar-refractivity contribution is 5.72. The van der Waals surface area contributed by atoms with Crippen molar-refractivity contribution in [1.82, 2.24) is 14.5 Å². The van der Waals surface area contributed by atoms with E-state index in [0.717, 1.165) is 28.1 Å². The van der Waals surface area contributed by atoms with Crippen molar-refractivity contribution in [3.63, 3.8) is 0 Å². The summed E-state index contributed by atoms with van der Waals surface area (Å²) < 4.78 is 2.12. The van der Waals surface area contributed by atoms with Crippen molar-refractivity contribution in [3.8, 4) is 6.07 Å². The van der Waals surface area contributed by atoms with Crippen LogP contribution in [0, 0.1) is 18.3 Å². The maximum Gasteiger partial charge on any atom is 0.160 e. The molecule has 1 aromatic carbocycles. The highest BCUT2D eigenvalue weighted by atomic mass is 15.1. The van der Waals surface area contributed by atoms with Gasteiger partial charge in [-0.1, -0.05) is 32.0 Å². The van der Waals surface area contributed by atoms with Crippen LogP contribution < -0.4 is 0 Å². The number of nitriles is 1. The maximum absolute atomic E-state index is 9.28. The Bertz CT molecular complexity index is 868. The van der Waals surface area contributed by atoms with Crippen molar-refractivity contribution in [1.29, 1.82) is 5.26 Å². The van der Waals surface area contributed by atoms with Crippen LogP contribution in [0.2, 0.25) is 0 Å². The number of imidazole rings is 1. The highest BCUT2D eigenvalue weighted by Gasteiger charge is 2.16. The zero-order chi connectivity index (χ0) is 15.7. The van der Waals surface area contributed by atoms with Crippen LogP contribution in [0.3, 0.4) is 0 Å². The van der Waals surface area contributed by atoms with E-state index < -0.39 is 0 Å². The molecule has 4 nitrogen and oxygen atoms in total. The average Bonchev–Trinajstić information content (AvgIpc) is 2.86. The molecule has 0 N–H and O–H groups in total. The Morgan fingerprint density at radius 2 is 2.05 bits per heavy atom.